The Kier molecular flexibility index (Phi) is 4.80. The van der Waals surface area contributed by atoms with Gasteiger partial charge in [0.1, 0.15) is 0 Å². The summed E-state index contributed by atoms with van der Waals surface area (Å²) >= 11 is 0. The van der Waals surface area contributed by atoms with Crippen molar-refractivity contribution >= 4 is 5.91 Å². The van der Waals surface area contributed by atoms with Gasteiger partial charge in [0, 0.05) is 38.6 Å². The average molecular weight is 239 g/mol. The van der Waals surface area contributed by atoms with Gasteiger partial charge < -0.3 is 10.2 Å². The van der Waals surface area contributed by atoms with Crippen molar-refractivity contribution in [3.63, 3.8) is 0 Å². The van der Waals surface area contributed by atoms with E-state index in [2.05, 4.69) is 22.0 Å². The number of nitrogens with one attached hydrogen (secondary N) is 1. The van der Waals surface area contributed by atoms with Crippen LogP contribution in [0.2, 0.25) is 0 Å². The minimum Gasteiger partial charge on any atom is -0.340 e. The lowest BCUT2D eigenvalue weighted by Gasteiger charge is -2.37. The third kappa shape index (κ3) is 3.42. The number of piperidine rings is 1. The number of carbonyl (C=O) groups excluding carboxylic acids is 1. The molecule has 1 unspecified atom stereocenters. The predicted octanol–water partition coefficient (Wildman–Crippen LogP) is 0.683. The lowest BCUT2D eigenvalue weighted by atomic mass is 10.0. The summed E-state index contributed by atoms with van der Waals surface area (Å²) in [6.45, 7) is 8.17. The highest BCUT2D eigenvalue weighted by Gasteiger charge is 2.25. The molecule has 0 bridgehead atoms. The summed E-state index contributed by atoms with van der Waals surface area (Å²) in [6.07, 6.45) is 4.56. The second kappa shape index (κ2) is 6.36. The first-order chi connectivity index (χ1) is 8.31. The molecule has 4 heteroatoms. The summed E-state index contributed by atoms with van der Waals surface area (Å²) in [4.78, 5) is 16.6. The number of likely N-dealkylation sites (N-methyl/N-ethyl adjacent to an activating group) is 1. The Hall–Kier alpha value is -0.610. The van der Waals surface area contributed by atoms with Crippen LogP contribution in [0.1, 0.15) is 32.6 Å². The second-order valence-corrected chi connectivity index (χ2v) is 5.12. The van der Waals surface area contributed by atoms with Crippen molar-refractivity contribution < 1.29 is 4.79 Å². The maximum atomic E-state index is 12.0. The molecule has 0 aliphatic carbocycles. The molecule has 0 radical (unpaired) electrons. The summed E-state index contributed by atoms with van der Waals surface area (Å²) in [7, 11) is 0. The van der Waals surface area contributed by atoms with Gasteiger partial charge in [-0.2, -0.15) is 0 Å². The van der Waals surface area contributed by atoms with Gasteiger partial charge in [-0.1, -0.05) is 13.3 Å². The monoisotopic (exact) mass is 239 g/mol. The number of hydrogen-bond donors (Lipinski definition) is 1. The maximum absolute atomic E-state index is 12.0. The van der Waals surface area contributed by atoms with E-state index in [0.717, 1.165) is 32.7 Å². The molecule has 0 aromatic rings. The van der Waals surface area contributed by atoms with Gasteiger partial charge in [0.05, 0.1) is 0 Å². The summed E-state index contributed by atoms with van der Waals surface area (Å²) in [5.41, 5.74) is 0. The molecule has 0 aromatic carbocycles. The molecule has 98 valence electrons. The van der Waals surface area contributed by atoms with Crippen LogP contribution in [0.4, 0.5) is 0 Å². The first kappa shape index (κ1) is 12.8. The third-order valence-electron chi connectivity index (χ3n) is 4.01. The third-order valence-corrected chi connectivity index (χ3v) is 4.01. The number of nitrogens with zero attached hydrogens (tertiary/aromatic N) is 2. The fourth-order valence-electron chi connectivity index (χ4n) is 2.95. The molecule has 0 saturated carbocycles. The van der Waals surface area contributed by atoms with Crippen LogP contribution in [0, 0.1) is 0 Å². The van der Waals surface area contributed by atoms with Gasteiger partial charge in [0.2, 0.25) is 5.91 Å². The zero-order chi connectivity index (χ0) is 12.1. The lowest BCUT2D eigenvalue weighted by Crippen LogP contribution is -2.48. The van der Waals surface area contributed by atoms with Gasteiger partial charge in [-0.05, 0) is 25.9 Å². The molecular formula is C13H25N3O. The zero-order valence-corrected chi connectivity index (χ0v) is 11.0. The summed E-state index contributed by atoms with van der Waals surface area (Å²) in [5, 5.41) is 3.29. The largest absolute Gasteiger partial charge is 0.340 e. The van der Waals surface area contributed by atoms with E-state index >= 15 is 0 Å². The molecule has 2 fully saturated rings. The first-order valence-corrected chi connectivity index (χ1v) is 7.04. The van der Waals surface area contributed by atoms with Crippen molar-refractivity contribution in [1.82, 2.24) is 15.1 Å². The molecule has 0 spiro atoms. The highest BCUT2D eigenvalue weighted by Crippen LogP contribution is 2.18. The molecule has 17 heavy (non-hydrogen) atoms. The van der Waals surface area contributed by atoms with Crippen molar-refractivity contribution in [1.29, 1.82) is 0 Å². The van der Waals surface area contributed by atoms with Gasteiger partial charge in [-0.3, -0.25) is 9.69 Å². The molecule has 2 rings (SSSR count). The van der Waals surface area contributed by atoms with E-state index in [-0.39, 0.29) is 0 Å². The van der Waals surface area contributed by atoms with Crippen molar-refractivity contribution in [3.05, 3.63) is 0 Å². The van der Waals surface area contributed by atoms with Crippen LogP contribution in [0.25, 0.3) is 0 Å². The second-order valence-electron chi connectivity index (χ2n) is 5.12. The van der Waals surface area contributed by atoms with Gasteiger partial charge in [-0.15, -0.1) is 0 Å². The van der Waals surface area contributed by atoms with Crippen LogP contribution < -0.4 is 5.32 Å². The van der Waals surface area contributed by atoms with Crippen LogP contribution >= 0.6 is 0 Å². The highest BCUT2D eigenvalue weighted by molar-refractivity contribution is 5.76. The quantitative estimate of drug-likeness (QED) is 0.787. The smallest absolute Gasteiger partial charge is 0.223 e. The first-order valence-electron chi connectivity index (χ1n) is 7.04. The van der Waals surface area contributed by atoms with E-state index in [1.165, 1.54) is 25.8 Å². The Morgan fingerprint density at radius 1 is 1.29 bits per heavy atom. The van der Waals surface area contributed by atoms with Crippen LogP contribution in [0.3, 0.4) is 0 Å². The normalized spacial score (nSPS) is 28.2. The Morgan fingerprint density at radius 2 is 2.18 bits per heavy atom. The standard InChI is InChI=1S/C13H25N3O/c1-2-15-9-4-3-5-12(15)11-16-10-8-14-7-6-13(16)17/h12,14H,2-11H2,1H3. The molecule has 2 aliphatic heterocycles. The van der Waals surface area contributed by atoms with Crippen LogP contribution in [-0.4, -0.2) is 61.0 Å². The Labute approximate surface area is 104 Å². The molecule has 2 heterocycles. The zero-order valence-electron chi connectivity index (χ0n) is 11.0. The van der Waals surface area contributed by atoms with Crippen molar-refractivity contribution in [2.75, 3.05) is 39.3 Å². The van der Waals surface area contributed by atoms with Crippen LogP contribution in [-0.2, 0) is 4.79 Å². The molecule has 1 amide bonds. The lowest BCUT2D eigenvalue weighted by molar-refractivity contribution is -0.131. The van der Waals surface area contributed by atoms with E-state index in [0.29, 0.717) is 18.4 Å². The Bertz CT molecular complexity index is 257. The Balaban J connectivity index is 1.90. The fraction of sp³-hybridized carbons (Fsp3) is 0.923. The van der Waals surface area contributed by atoms with Crippen molar-refractivity contribution in [3.8, 4) is 0 Å². The number of hydrogen-bond acceptors (Lipinski definition) is 3. The van der Waals surface area contributed by atoms with Gasteiger partial charge in [0.25, 0.3) is 0 Å². The maximum Gasteiger partial charge on any atom is 0.223 e. The van der Waals surface area contributed by atoms with Crippen molar-refractivity contribution in [2.24, 2.45) is 0 Å². The summed E-state index contributed by atoms with van der Waals surface area (Å²) in [5.74, 6) is 0.330. The number of rotatable bonds is 3. The van der Waals surface area contributed by atoms with E-state index in [4.69, 9.17) is 0 Å². The Morgan fingerprint density at radius 3 is 3.00 bits per heavy atom. The molecule has 2 saturated heterocycles. The van der Waals surface area contributed by atoms with Gasteiger partial charge in [-0.25, -0.2) is 0 Å². The topological polar surface area (TPSA) is 35.6 Å². The molecule has 0 aromatic heterocycles. The van der Waals surface area contributed by atoms with E-state index in [1.54, 1.807) is 0 Å². The average Bonchev–Trinajstić information content (AvgIpc) is 2.56. The molecule has 1 atom stereocenters. The highest BCUT2D eigenvalue weighted by atomic mass is 16.2. The van der Waals surface area contributed by atoms with E-state index < -0.39 is 0 Å². The van der Waals surface area contributed by atoms with Crippen LogP contribution in [0.15, 0.2) is 0 Å². The predicted molar refractivity (Wildman–Crippen MR) is 69.0 cm³/mol. The van der Waals surface area contributed by atoms with Gasteiger partial charge in [0.15, 0.2) is 0 Å². The number of amides is 1. The molecular weight excluding hydrogens is 214 g/mol. The SMILES string of the molecule is CCN1CCCCC1CN1CCNCCC1=O. The minimum absolute atomic E-state index is 0.330. The number of carbonyl (C=O) groups is 1. The number of likely N-dealkylation sites (tertiary alicyclic amines) is 1. The van der Waals surface area contributed by atoms with E-state index in [1.807, 2.05) is 0 Å². The fourth-order valence-corrected chi connectivity index (χ4v) is 2.95. The minimum atomic E-state index is 0.330. The molecule has 4 nitrogen and oxygen atoms in total. The van der Waals surface area contributed by atoms with Gasteiger partial charge >= 0.3 is 0 Å². The summed E-state index contributed by atoms with van der Waals surface area (Å²) < 4.78 is 0. The van der Waals surface area contributed by atoms with Crippen LogP contribution in [0.5, 0.6) is 0 Å². The molecule has 2 aliphatic rings. The molecule has 1 N–H and O–H groups in total. The van der Waals surface area contributed by atoms with E-state index in [9.17, 15) is 4.79 Å². The van der Waals surface area contributed by atoms with Crippen molar-refractivity contribution in [2.45, 2.75) is 38.6 Å². The summed E-state index contributed by atoms with van der Waals surface area (Å²) in [6, 6.07) is 0.593.